The van der Waals surface area contributed by atoms with Crippen molar-refractivity contribution in [3.8, 4) is 0 Å². The van der Waals surface area contributed by atoms with Crippen molar-refractivity contribution >= 4 is 5.97 Å². The molecule has 0 spiro atoms. The molecule has 76 valence electrons. The van der Waals surface area contributed by atoms with E-state index in [-0.39, 0.29) is 12.1 Å². The number of aliphatic carboxylic acids is 1. The van der Waals surface area contributed by atoms with Crippen LogP contribution in [0.4, 0.5) is 0 Å². The predicted octanol–water partition coefficient (Wildman–Crippen LogP) is 0.353. The zero-order chi connectivity index (χ0) is 9.84. The monoisotopic (exact) mass is 187 g/mol. The maximum Gasteiger partial charge on any atom is 0.320 e. The van der Waals surface area contributed by atoms with Crippen LogP contribution in [0.3, 0.4) is 0 Å². The van der Waals surface area contributed by atoms with E-state index in [1.165, 1.54) is 0 Å². The molecular formula is C9H17NO3. The highest BCUT2D eigenvalue weighted by atomic mass is 16.4. The van der Waals surface area contributed by atoms with E-state index in [1.54, 1.807) is 6.92 Å². The SMILES string of the molecule is C[C@H](NC1CCC(O)CC1)C(=O)O. The fourth-order valence-corrected chi connectivity index (χ4v) is 1.67. The molecule has 4 heteroatoms. The van der Waals surface area contributed by atoms with E-state index in [2.05, 4.69) is 5.32 Å². The molecule has 4 nitrogen and oxygen atoms in total. The van der Waals surface area contributed by atoms with Crippen LogP contribution in [-0.2, 0) is 4.79 Å². The molecule has 0 aromatic rings. The summed E-state index contributed by atoms with van der Waals surface area (Å²) in [7, 11) is 0. The van der Waals surface area contributed by atoms with E-state index in [0.29, 0.717) is 0 Å². The minimum atomic E-state index is -0.814. The third kappa shape index (κ3) is 3.32. The van der Waals surface area contributed by atoms with Crippen LogP contribution in [0.2, 0.25) is 0 Å². The molecule has 1 fully saturated rings. The molecule has 1 saturated carbocycles. The Labute approximate surface area is 78.0 Å². The highest BCUT2D eigenvalue weighted by Gasteiger charge is 2.22. The fourth-order valence-electron chi connectivity index (χ4n) is 1.67. The van der Waals surface area contributed by atoms with Gasteiger partial charge in [0, 0.05) is 6.04 Å². The molecule has 0 bridgehead atoms. The van der Waals surface area contributed by atoms with Crippen molar-refractivity contribution in [1.82, 2.24) is 5.32 Å². The standard InChI is InChI=1S/C9H17NO3/c1-6(9(12)13)10-7-2-4-8(11)5-3-7/h6-8,10-11H,2-5H2,1H3,(H,12,13)/t6-,7?,8?/m0/s1. The van der Waals surface area contributed by atoms with Gasteiger partial charge in [0.1, 0.15) is 6.04 Å². The summed E-state index contributed by atoms with van der Waals surface area (Å²) >= 11 is 0. The summed E-state index contributed by atoms with van der Waals surface area (Å²) < 4.78 is 0. The molecule has 13 heavy (non-hydrogen) atoms. The van der Waals surface area contributed by atoms with E-state index < -0.39 is 12.0 Å². The van der Waals surface area contributed by atoms with Gasteiger partial charge in [-0.1, -0.05) is 0 Å². The first-order valence-electron chi connectivity index (χ1n) is 4.76. The Kier molecular flexibility index (Phi) is 3.69. The Bertz CT molecular complexity index is 176. The number of nitrogens with one attached hydrogen (secondary N) is 1. The van der Waals surface area contributed by atoms with Gasteiger partial charge in [-0.05, 0) is 32.6 Å². The number of hydrogen-bond acceptors (Lipinski definition) is 3. The van der Waals surface area contributed by atoms with Crippen LogP contribution >= 0.6 is 0 Å². The molecule has 1 atom stereocenters. The van der Waals surface area contributed by atoms with Gasteiger partial charge in [-0.15, -0.1) is 0 Å². The lowest BCUT2D eigenvalue weighted by molar-refractivity contribution is -0.139. The Morgan fingerprint density at radius 3 is 2.38 bits per heavy atom. The smallest absolute Gasteiger partial charge is 0.320 e. The quantitative estimate of drug-likeness (QED) is 0.596. The third-order valence-corrected chi connectivity index (χ3v) is 2.55. The van der Waals surface area contributed by atoms with Crippen molar-refractivity contribution in [3.63, 3.8) is 0 Å². The molecule has 0 aromatic heterocycles. The lowest BCUT2D eigenvalue weighted by Crippen LogP contribution is -2.43. The molecule has 0 aromatic carbocycles. The molecule has 1 aliphatic rings. The number of aliphatic hydroxyl groups is 1. The molecular weight excluding hydrogens is 170 g/mol. The molecule has 1 aliphatic carbocycles. The Hall–Kier alpha value is -0.610. The second-order valence-electron chi connectivity index (χ2n) is 3.73. The zero-order valence-corrected chi connectivity index (χ0v) is 7.86. The average Bonchev–Trinajstić information content (AvgIpc) is 2.08. The van der Waals surface area contributed by atoms with E-state index in [0.717, 1.165) is 25.7 Å². The number of rotatable bonds is 3. The predicted molar refractivity (Wildman–Crippen MR) is 48.5 cm³/mol. The largest absolute Gasteiger partial charge is 0.480 e. The summed E-state index contributed by atoms with van der Waals surface area (Å²) in [6.45, 7) is 1.65. The summed E-state index contributed by atoms with van der Waals surface area (Å²) in [5, 5.41) is 20.9. The maximum absolute atomic E-state index is 10.5. The Morgan fingerprint density at radius 1 is 1.38 bits per heavy atom. The van der Waals surface area contributed by atoms with Crippen molar-refractivity contribution in [2.75, 3.05) is 0 Å². The minimum Gasteiger partial charge on any atom is -0.480 e. The topological polar surface area (TPSA) is 69.6 Å². The van der Waals surface area contributed by atoms with E-state index >= 15 is 0 Å². The van der Waals surface area contributed by atoms with Gasteiger partial charge < -0.3 is 15.5 Å². The molecule has 0 aliphatic heterocycles. The normalized spacial score (nSPS) is 31.2. The fraction of sp³-hybridized carbons (Fsp3) is 0.889. The number of aliphatic hydroxyl groups excluding tert-OH is 1. The zero-order valence-electron chi connectivity index (χ0n) is 7.86. The Morgan fingerprint density at radius 2 is 1.92 bits per heavy atom. The Balaban J connectivity index is 2.26. The van der Waals surface area contributed by atoms with Crippen molar-refractivity contribution in [2.45, 2.75) is 50.8 Å². The number of carbonyl (C=O) groups is 1. The summed E-state index contributed by atoms with van der Waals surface area (Å²) in [5.74, 6) is -0.814. The third-order valence-electron chi connectivity index (χ3n) is 2.55. The molecule has 0 radical (unpaired) electrons. The average molecular weight is 187 g/mol. The second-order valence-corrected chi connectivity index (χ2v) is 3.73. The molecule has 0 heterocycles. The van der Waals surface area contributed by atoms with Gasteiger partial charge in [-0.3, -0.25) is 4.79 Å². The van der Waals surface area contributed by atoms with Gasteiger partial charge >= 0.3 is 5.97 Å². The summed E-state index contributed by atoms with van der Waals surface area (Å²) in [6.07, 6.45) is 3.13. The van der Waals surface area contributed by atoms with Crippen molar-refractivity contribution in [2.24, 2.45) is 0 Å². The lowest BCUT2D eigenvalue weighted by Gasteiger charge is -2.27. The molecule has 0 unspecified atom stereocenters. The first-order chi connectivity index (χ1) is 6.09. The van der Waals surface area contributed by atoms with Gasteiger partial charge in [-0.25, -0.2) is 0 Å². The van der Waals surface area contributed by atoms with Crippen LogP contribution in [0, 0.1) is 0 Å². The van der Waals surface area contributed by atoms with E-state index in [1.807, 2.05) is 0 Å². The van der Waals surface area contributed by atoms with Crippen molar-refractivity contribution < 1.29 is 15.0 Å². The summed E-state index contributed by atoms with van der Waals surface area (Å²) in [5.41, 5.74) is 0. The van der Waals surface area contributed by atoms with Crippen molar-refractivity contribution in [3.05, 3.63) is 0 Å². The van der Waals surface area contributed by atoms with Gasteiger partial charge in [0.25, 0.3) is 0 Å². The van der Waals surface area contributed by atoms with Crippen LogP contribution in [-0.4, -0.2) is 34.4 Å². The van der Waals surface area contributed by atoms with Crippen molar-refractivity contribution in [1.29, 1.82) is 0 Å². The second kappa shape index (κ2) is 4.58. The minimum absolute atomic E-state index is 0.182. The molecule has 0 saturated heterocycles. The summed E-state index contributed by atoms with van der Waals surface area (Å²) in [6, 6.07) is -0.227. The van der Waals surface area contributed by atoms with Gasteiger partial charge in [-0.2, -0.15) is 0 Å². The first kappa shape index (κ1) is 10.5. The maximum atomic E-state index is 10.5. The van der Waals surface area contributed by atoms with Gasteiger partial charge in [0.05, 0.1) is 6.10 Å². The highest BCUT2D eigenvalue weighted by molar-refractivity contribution is 5.72. The first-order valence-corrected chi connectivity index (χ1v) is 4.76. The van der Waals surface area contributed by atoms with Crippen LogP contribution in [0.1, 0.15) is 32.6 Å². The number of carboxylic acid groups (broad SMARTS) is 1. The van der Waals surface area contributed by atoms with Crippen LogP contribution in [0.15, 0.2) is 0 Å². The van der Waals surface area contributed by atoms with Crippen LogP contribution in [0.25, 0.3) is 0 Å². The van der Waals surface area contributed by atoms with Gasteiger partial charge in [0.2, 0.25) is 0 Å². The molecule has 1 rings (SSSR count). The van der Waals surface area contributed by atoms with E-state index in [4.69, 9.17) is 5.11 Å². The van der Waals surface area contributed by atoms with Crippen LogP contribution in [0.5, 0.6) is 0 Å². The number of hydrogen-bond donors (Lipinski definition) is 3. The summed E-state index contributed by atoms with van der Waals surface area (Å²) in [4.78, 5) is 10.5. The molecule has 0 amide bonds. The highest BCUT2D eigenvalue weighted by Crippen LogP contribution is 2.18. The molecule has 3 N–H and O–H groups in total. The lowest BCUT2D eigenvalue weighted by atomic mass is 9.93. The van der Waals surface area contributed by atoms with E-state index in [9.17, 15) is 9.90 Å². The number of carboxylic acids is 1. The van der Waals surface area contributed by atoms with Gasteiger partial charge in [0.15, 0.2) is 0 Å². The van der Waals surface area contributed by atoms with Crippen LogP contribution < -0.4 is 5.32 Å².